The molecule has 8 nitrogen and oxygen atoms in total. The summed E-state index contributed by atoms with van der Waals surface area (Å²) in [4.78, 5) is 38.1. The maximum absolute atomic E-state index is 12.3. The number of aliphatic carboxylic acids is 1. The van der Waals surface area contributed by atoms with E-state index in [4.69, 9.17) is 0 Å². The number of carbonyl (C=O) groups excluding carboxylic acids is 2. The van der Waals surface area contributed by atoms with E-state index in [0.717, 1.165) is 0 Å². The second-order valence-corrected chi connectivity index (χ2v) is 8.49. The van der Waals surface area contributed by atoms with Crippen LogP contribution in [0.5, 0.6) is 0 Å². The van der Waals surface area contributed by atoms with Gasteiger partial charge in [0, 0.05) is 20.1 Å². The summed E-state index contributed by atoms with van der Waals surface area (Å²) in [5.41, 5.74) is -0.698. The molecule has 5 atom stereocenters. The summed E-state index contributed by atoms with van der Waals surface area (Å²) in [7, 11) is 3.34. The van der Waals surface area contributed by atoms with E-state index in [1.165, 1.54) is 9.80 Å². The molecule has 26 heavy (non-hydrogen) atoms. The standard InChI is InChI=1S/C17H25N3O5S/c1-8(21)16(2)12(9-5-6-10(18-9)14(23)19(3)4)13(15(24)25)20-11(22)7-17(16,20)26/h8-10,18,21,26H,5-7H2,1-4H3,(H,24,25). The number of nitrogens with one attached hydrogen (secondary N) is 1. The Kier molecular flexibility index (Phi) is 4.40. The molecule has 0 aromatic rings. The van der Waals surface area contributed by atoms with Gasteiger partial charge in [-0.3, -0.25) is 19.8 Å². The zero-order chi connectivity index (χ0) is 19.6. The third kappa shape index (κ3) is 2.26. The van der Waals surface area contributed by atoms with Crippen LogP contribution in [0, 0.1) is 5.41 Å². The summed E-state index contributed by atoms with van der Waals surface area (Å²) >= 11 is 4.65. The van der Waals surface area contributed by atoms with Crippen molar-refractivity contribution >= 4 is 30.4 Å². The number of hydrogen-bond donors (Lipinski definition) is 4. The lowest BCUT2D eigenvalue weighted by Gasteiger charge is -2.54. The van der Waals surface area contributed by atoms with Gasteiger partial charge >= 0.3 is 5.97 Å². The third-order valence-electron chi connectivity index (χ3n) is 6.16. The molecule has 2 fully saturated rings. The summed E-state index contributed by atoms with van der Waals surface area (Å²) in [6, 6.07) is -0.840. The number of fused-ring (bicyclic) bond motifs is 1. The van der Waals surface area contributed by atoms with Gasteiger partial charge in [-0.1, -0.05) is 6.92 Å². The van der Waals surface area contributed by atoms with Gasteiger partial charge in [-0.05, 0) is 25.3 Å². The monoisotopic (exact) mass is 383 g/mol. The maximum Gasteiger partial charge on any atom is 0.352 e. The Morgan fingerprint density at radius 2 is 2.00 bits per heavy atom. The average molecular weight is 383 g/mol. The maximum atomic E-state index is 12.3. The largest absolute Gasteiger partial charge is 0.477 e. The van der Waals surface area contributed by atoms with Gasteiger partial charge in [-0.2, -0.15) is 0 Å². The Bertz CT molecular complexity index is 721. The first-order chi connectivity index (χ1) is 12.0. The minimum atomic E-state index is -1.22. The molecule has 144 valence electrons. The topological polar surface area (TPSA) is 110 Å². The molecule has 0 aromatic heterocycles. The highest BCUT2D eigenvalue weighted by molar-refractivity contribution is 7.82. The Hall–Kier alpha value is -1.58. The molecule has 3 aliphatic heterocycles. The fraction of sp³-hybridized carbons (Fsp3) is 0.706. The number of likely N-dealkylation sites (N-methyl/N-ethyl adjacent to an activating group) is 1. The van der Waals surface area contributed by atoms with E-state index in [-0.39, 0.29) is 23.9 Å². The molecule has 2 saturated heterocycles. The lowest BCUT2D eigenvalue weighted by molar-refractivity contribution is -0.155. The average Bonchev–Trinajstić information content (AvgIpc) is 3.06. The molecule has 3 N–H and O–H groups in total. The molecule has 3 heterocycles. The van der Waals surface area contributed by atoms with Crippen molar-refractivity contribution in [3.8, 4) is 0 Å². The number of nitrogens with zero attached hydrogens (tertiary/aromatic N) is 2. The van der Waals surface area contributed by atoms with Crippen LogP contribution in [0.15, 0.2) is 11.3 Å². The highest BCUT2D eigenvalue weighted by Crippen LogP contribution is 2.63. The zero-order valence-corrected chi connectivity index (χ0v) is 16.2. The molecule has 0 bridgehead atoms. The molecule has 0 radical (unpaired) electrons. The quantitative estimate of drug-likeness (QED) is 0.395. The van der Waals surface area contributed by atoms with Gasteiger partial charge in [-0.25, -0.2) is 4.79 Å². The van der Waals surface area contributed by atoms with Crippen molar-refractivity contribution < 1.29 is 24.6 Å². The van der Waals surface area contributed by atoms with E-state index >= 15 is 0 Å². The fourth-order valence-electron chi connectivity index (χ4n) is 4.57. The van der Waals surface area contributed by atoms with E-state index in [0.29, 0.717) is 18.4 Å². The lowest BCUT2D eigenvalue weighted by atomic mass is 9.67. The van der Waals surface area contributed by atoms with Crippen LogP contribution in [-0.4, -0.2) is 75.0 Å². The minimum Gasteiger partial charge on any atom is -0.477 e. The van der Waals surface area contributed by atoms with Crippen molar-refractivity contribution in [2.24, 2.45) is 5.41 Å². The Morgan fingerprint density at radius 3 is 2.46 bits per heavy atom. The van der Waals surface area contributed by atoms with Gasteiger partial charge < -0.3 is 15.1 Å². The molecule has 2 amide bonds. The molecule has 0 aliphatic carbocycles. The SMILES string of the molecule is CC(O)C1(C)C(C2CCC(C(=O)N(C)C)N2)=C(C(=O)O)N2C(=O)CC21S. The summed E-state index contributed by atoms with van der Waals surface area (Å²) in [5, 5.41) is 23.6. The van der Waals surface area contributed by atoms with Gasteiger partial charge in [0.1, 0.15) is 10.6 Å². The Morgan fingerprint density at radius 1 is 1.38 bits per heavy atom. The first-order valence-corrected chi connectivity index (χ1v) is 9.10. The summed E-state index contributed by atoms with van der Waals surface area (Å²) in [5.74, 6) is -1.63. The second kappa shape index (κ2) is 5.97. The van der Waals surface area contributed by atoms with E-state index in [2.05, 4.69) is 17.9 Å². The Labute approximate surface area is 157 Å². The first-order valence-electron chi connectivity index (χ1n) is 8.65. The van der Waals surface area contributed by atoms with Gasteiger partial charge in [-0.15, -0.1) is 12.6 Å². The molecule has 3 rings (SSSR count). The van der Waals surface area contributed by atoms with Crippen LogP contribution in [0.3, 0.4) is 0 Å². The van der Waals surface area contributed by atoms with Crippen LogP contribution in [0.2, 0.25) is 0 Å². The van der Waals surface area contributed by atoms with E-state index in [1.54, 1.807) is 27.9 Å². The predicted octanol–water partition coefficient (Wildman–Crippen LogP) is -0.207. The number of aliphatic hydroxyl groups excluding tert-OH is 1. The van der Waals surface area contributed by atoms with Gasteiger partial charge in [0.15, 0.2) is 0 Å². The lowest BCUT2D eigenvalue weighted by Crippen LogP contribution is -2.66. The van der Waals surface area contributed by atoms with E-state index in [9.17, 15) is 24.6 Å². The third-order valence-corrected chi connectivity index (χ3v) is 6.98. The molecular weight excluding hydrogens is 358 g/mol. The fourth-order valence-corrected chi connectivity index (χ4v) is 5.22. The number of hydrogen-bond acceptors (Lipinski definition) is 6. The number of carbonyl (C=O) groups is 3. The second-order valence-electron chi connectivity index (χ2n) is 7.75. The van der Waals surface area contributed by atoms with Crippen molar-refractivity contribution in [1.29, 1.82) is 0 Å². The highest BCUT2D eigenvalue weighted by Gasteiger charge is 2.71. The minimum absolute atomic E-state index is 0.0601. The van der Waals surface area contributed by atoms with Crippen LogP contribution in [-0.2, 0) is 14.4 Å². The molecular formula is C17H25N3O5S. The van der Waals surface area contributed by atoms with E-state index in [1.807, 2.05) is 0 Å². The van der Waals surface area contributed by atoms with Crippen LogP contribution in [0.1, 0.15) is 33.1 Å². The predicted molar refractivity (Wildman–Crippen MR) is 96.3 cm³/mol. The molecule has 0 spiro atoms. The zero-order valence-electron chi connectivity index (χ0n) is 15.3. The number of rotatable bonds is 4. The summed E-state index contributed by atoms with van der Waals surface area (Å²) in [6.07, 6.45) is 0.240. The molecule has 5 unspecified atom stereocenters. The highest BCUT2D eigenvalue weighted by atomic mass is 32.1. The number of aliphatic hydroxyl groups is 1. The van der Waals surface area contributed by atoms with Crippen LogP contribution in [0.25, 0.3) is 0 Å². The van der Waals surface area contributed by atoms with Gasteiger partial charge in [0.25, 0.3) is 0 Å². The van der Waals surface area contributed by atoms with E-state index < -0.39 is 34.4 Å². The number of carboxylic acids is 1. The number of amides is 2. The number of thiol groups is 1. The van der Waals surface area contributed by atoms with Crippen molar-refractivity contribution in [1.82, 2.24) is 15.1 Å². The van der Waals surface area contributed by atoms with Crippen molar-refractivity contribution in [2.75, 3.05) is 14.1 Å². The van der Waals surface area contributed by atoms with Gasteiger partial charge in [0.2, 0.25) is 11.8 Å². The van der Waals surface area contributed by atoms with Crippen LogP contribution < -0.4 is 5.32 Å². The van der Waals surface area contributed by atoms with Crippen LogP contribution in [0.4, 0.5) is 0 Å². The normalized spacial score (nSPS) is 37.5. The molecule has 3 aliphatic rings. The first kappa shape index (κ1) is 19.2. The smallest absolute Gasteiger partial charge is 0.352 e. The molecule has 0 saturated carbocycles. The van der Waals surface area contributed by atoms with Crippen molar-refractivity contribution in [2.45, 2.75) is 56.2 Å². The summed E-state index contributed by atoms with van der Waals surface area (Å²) in [6.45, 7) is 3.33. The number of β-lactam (4-membered cyclic amide) rings is 1. The van der Waals surface area contributed by atoms with Gasteiger partial charge in [0.05, 0.1) is 24.0 Å². The summed E-state index contributed by atoms with van der Waals surface area (Å²) < 4.78 is 0. The van der Waals surface area contributed by atoms with Crippen molar-refractivity contribution in [3.63, 3.8) is 0 Å². The molecule has 0 aromatic carbocycles. The number of carboxylic acid groups (broad SMARTS) is 1. The Balaban J connectivity index is 2.07. The molecule has 9 heteroatoms. The van der Waals surface area contributed by atoms with Crippen molar-refractivity contribution in [3.05, 3.63) is 11.3 Å². The van der Waals surface area contributed by atoms with Crippen LogP contribution >= 0.6 is 12.6 Å².